The van der Waals surface area contributed by atoms with Gasteiger partial charge in [-0.2, -0.15) is 0 Å². The quantitative estimate of drug-likeness (QED) is 0.835. The molecule has 0 saturated carbocycles. The van der Waals surface area contributed by atoms with Gasteiger partial charge in [0.25, 0.3) is 11.8 Å². The molecule has 3 rings (SSSR count). The van der Waals surface area contributed by atoms with Crippen molar-refractivity contribution in [2.75, 3.05) is 26.2 Å². The molecule has 0 aromatic carbocycles. The predicted octanol–water partition coefficient (Wildman–Crippen LogP) is 2.34. The maximum Gasteiger partial charge on any atom is 0.291 e. The van der Waals surface area contributed by atoms with Crippen LogP contribution in [0.2, 0.25) is 0 Å². The molecule has 0 bridgehead atoms. The molecule has 6 nitrogen and oxygen atoms in total. The van der Waals surface area contributed by atoms with Gasteiger partial charge in [-0.15, -0.1) is 0 Å². The molecule has 8 heteroatoms. The van der Waals surface area contributed by atoms with Crippen molar-refractivity contribution in [3.05, 3.63) is 17.8 Å². The van der Waals surface area contributed by atoms with E-state index in [1.807, 2.05) is 13.8 Å². The number of carbonyl (C=O) groups excluding carboxylic acids is 2. The molecule has 1 atom stereocenters. The zero-order valence-corrected chi connectivity index (χ0v) is 14.7. The van der Waals surface area contributed by atoms with Crippen molar-refractivity contribution >= 4 is 11.8 Å². The third kappa shape index (κ3) is 3.26. The van der Waals surface area contributed by atoms with Crippen molar-refractivity contribution < 1.29 is 22.8 Å². The average molecular weight is 355 g/mol. The van der Waals surface area contributed by atoms with E-state index in [2.05, 4.69) is 4.98 Å². The molecule has 138 valence electrons. The van der Waals surface area contributed by atoms with Crippen LogP contribution in [0.5, 0.6) is 0 Å². The zero-order valence-electron chi connectivity index (χ0n) is 14.7. The highest BCUT2D eigenvalue weighted by molar-refractivity contribution is 5.93. The molecule has 2 aliphatic rings. The number of carbonyl (C=O) groups is 2. The van der Waals surface area contributed by atoms with Gasteiger partial charge in [0, 0.05) is 26.1 Å². The van der Waals surface area contributed by atoms with Gasteiger partial charge in [0.05, 0.1) is 17.7 Å². The number of aryl methyl sites for hydroxylation is 1. The lowest BCUT2D eigenvalue weighted by atomic mass is 9.77. The molecular formula is C17H23F2N3O3. The summed E-state index contributed by atoms with van der Waals surface area (Å²) in [5.41, 5.74) is -0.854. The molecule has 25 heavy (non-hydrogen) atoms. The normalized spacial score (nSPS) is 26.1. The Morgan fingerprint density at radius 2 is 2.12 bits per heavy atom. The summed E-state index contributed by atoms with van der Waals surface area (Å²) in [5, 5.41) is 0. The number of aromatic nitrogens is 1. The van der Waals surface area contributed by atoms with Crippen LogP contribution in [0.1, 0.15) is 42.9 Å². The first kappa shape index (κ1) is 17.8. The molecule has 0 aliphatic carbocycles. The molecular weight excluding hydrogens is 332 g/mol. The summed E-state index contributed by atoms with van der Waals surface area (Å²) in [6, 6.07) is 0. The molecule has 0 radical (unpaired) electrons. The highest BCUT2D eigenvalue weighted by Crippen LogP contribution is 2.46. The smallest absolute Gasteiger partial charge is 0.291 e. The molecule has 1 aromatic heterocycles. The lowest BCUT2D eigenvalue weighted by molar-refractivity contribution is -0.151. The van der Waals surface area contributed by atoms with E-state index in [0.29, 0.717) is 25.2 Å². The number of rotatable bonds is 3. The average Bonchev–Trinajstić information content (AvgIpc) is 3.04. The maximum absolute atomic E-state index is 14.4. The van der Waals surface area contributed by atoms with E-state index < -0.39 is 30.2 Å². The minimum atomic E-state index is -3.11. The fourth-order valence-electron chi connectivity index (χ4n) is 3.92. The summed E-state index contributed by atoms with van der Waals surface area (Å²) in [5.74, 6) is -3.79. The summed E-state index contributed by atoms with van der Waals surface area (Å²) < 4.78 is 33.9. The van der Waals surface area contributed by atoms with Gasteiger partial charge >= 0.3 is 0 Å². The van der Waals surface area contributed by atoms with Gasteiger partial charge in [0.15, 0.2) is 6.39 Å². The Morgan fingerprint density at radius 1 is 1.40 bits per heavy atom. The van der Waals surface area contributed by atoms with E-state index in [1.54, 1.807) is 11.8 Å². The SMILES string of the molecule is Cc1ncoc1C(=O)N1CC(F)(F)C[C@@]2(CCN(CC(C)C)C2=O)C1. The number of alkyl halides is 2. The van der Waals surface area contributed by atoms with Crippen molar-refractivity contribution in [1.82, 2.24) is 14.8 Å². The molecule has 2 aliphatic heterocycles. The molecule has 2 amide bonds. The van der Waals surface area contributed by atoms with Crippen LogP contribution in [-0.4, -0.2) is 58.7 Å². The van der Waals surface area contributed by atoms with E-state index in [-0.39, 0.29) is 24.1 Å². The van der Waals surface area contributed by atoms with E-state index in [4.69, 9.17) is 4.42 Å². The Hall–Kier alpha value is -1.99. The van der Waals surface area contributed by atoms with Crippen molar-refractivity contribution in [3.63, 3.8) is 0 Å². The largest absolute Gasteiger partial charge is 0.438 e. The predicted molar refractivity (Wildman–Crippen MR) is 85.2 cm³/mol. The highest BCUT2D eigenvalue weighted by Gasteiger charge is 2.57. The number of nitrogens with zero attached hydrogens (tertiary/aromatic N) is 3. The van der Waals surface area contributed by atoms with Crippen molar-refractivity contribution in [2.24, 2.45) is 11.3 Å². The third-order valence-corrected chi connectivity index (χ3v) is 4.93. The summed E-state index contributed by atoms with van der Waals surface area (Å²) in [6.45, 7) is 5.84. The molecule has 0 unspecified atom stereocenters. The second kappa shape index (κ2) is 6.07. The maximum atomic E-state index is 14.4. The lowest BCUT2D eigenvalue weighted by Gasteiger charge is -2.42. The first-order valence-corrected chi connectivity index (χ1v) is 8.50. The number of hydrogen-bond acceptors (Lipinski definition) is 4. The summed E-state index contributed by atoms with van der Waals surface area (Å²) >= 11 is 0. The molecule has 2 saturated heterocycles. The second-order valence-corrected chi connectivity index (χ2v) is 7.64. The Bertz CT molecular complexity index is 688. The van der Waals surface area contributed by atoms with Crippen LogP contribution in [0.4, 0.5) is 8.78 Å². The highest BCUT2D eigenvalue weighted by atomic mass is 19.3. The monoisotopic (exact) mass is 355 g/mol. The lowest BCUT2D eigenvalue weighted by Crippen LogP contribution is -2.57. The summed E-state index contributed by atoms with van der Waals surface area (Å²) in [7, 11) is 0. The van der Waals surface area contributed by atoms with Crippen molar-refractivity contribution in [1.29, 1.82) is 0 Å². The minimum Gasteiger partial charge on any atom is -0.438 e. The molecule has 1 spiro atoms. The van der Waals surface area contributed by atoms with Gasteiger partial charge in [-0.3, -0.25) is 9.59 Å². The van der Waals surface area contributed by atoms with Crippen LogP contribution in [0.25, 0.3) is 0 Å². The standard InChI is InChI=1S/C17H23F2N3O3/c1-11(2)6-21-5-4-16(15(21)24)7-17(18,19)9-22(8-16)14(23)13-12(3)20-10-25-13/h10-11H,4-9H2,1-3H3/t16-/m0/s1. The minimum absolute atomic E-state index is 0.00497. The number of likely N-dealkylation sites (tertiary alicyclic amines) is 2. The fourth-order valence-corrected chi connectivity index (χ4v) is 3.92. The third-order valence-electron chi connectivity index (χ3n) is 4.93. The van der Waals surface area contributed by atoms with Gasteiger partial charge in [-0.25, -0.2) is 13.8 Å². The first-order chi connectivity index (χ1) is 11.6. The van der Waals surface area contributed by atoms with E-state index in [1.165, 1.54) is 0 Å². The Morgan fingerprint density at radius 3 is 2.72 bits per heavy atom. The number of oxazole rings is 1. The van der Waals surface area contributed by atoms with E-state index >= 15 is 0 Å². The van der Waals surface area contributed by atoms with Gasteiger partial charge in [-0.05, 0) is 19.3 Å². The zero-order chi connectivity index (χ0) is 18.4. The van der Waals surface area contributed by atoms with Gasteiger partial charge in [-0.1, -0.05) is 13.8 Å². The Balaban J connectivity index is 1.86. The van der Waals surface area contributed by atoms with Crippen LogP contribution in [0, 0.1) is 18.3 Å². The topological polar surface area (TPSA) is 66.7 Å². The van der Waals surface area contributed by atoms with E-state index in [9.17, 15) is 18.4 Å². The van der Waals surface area contributed by atoms with Crippen LogP contribution in [-0.2, 0) is 4.79 Å². The molecule has 2 fully saturated rings. The van der Waals surface area contributed by atoms with Crippen molar-refractivity contribution in [3.8, 4) is 0 Å². The number of amides is 2. The molecule has 0 N–H and O–H groups in total. The first-order valence-electron chi connectivity index (χ1n) is 8.50. The number of piperidine rings is 1. The second-order valence-electron chi connectivity index (χ2n) is 7.64. The molecule has 1 aromatic rings. The van der Waals surface area contributed by atoms with Gasteiger partial charge in [0.1, 0.15) is 0 Å². The fraction of sp³-hybridized carbons (Fsp3) is 0.706. The number of halogens is 2. The van der Waals surface area contributed by atoms with Crippen LogP contribution in [0.15, 0.2) is 10.8 Å². The summed E-state index contributed by atoms with van der Waals surface area (Å²) in [6.07, 6.45) is 0.950. The van der Waals surface area contributed by atoms with Gasteiger partial charge in [0.2, 0.25) is 11.7 Å². The van der Waals surface area contributed by atoms with Gasteiger partial charge < -0.3 is 14.2 Å². The summed E-state index contributed by atoms with van der Waals surface area (Å²) in [4.78, 5) is 32.0. The van der Waals surface area contributed by atoms with E-state index in [0.717, 1.165) is 11.3 Å². The van der Waals surface area contributed by atoms with Crippen LogP contribution in [0.3, 0.4) is 0 Å². The Kier molecular flexibility index (Phi) is 4.33. The van der Waals surface area contributed by atoms with Crippen molar-refractivity contribution in [2.45, 2.75) is 39.5 Å². The van der Waals surface area contributed by atoms with Crippen LogP contribution < -0.4 is 0 Å². The van der Waals surface area contributed by atoms with Crippen LogP contribution >= 0.6 is 0 Å². The Labute approximate surface area is 145 Å². The molecule has 3 heterocycles. The number of hydrogen-bond donors (Lipinski definition) is 0.